The fourth-order valence-corrected chi connectivity index (χ4v) is 8.55. The molecule has 4 aromatic carbocycles. The molecule has 0 atom stereocenters. The molecule has 0 bridgehead atoms. The van der Waals surface area contributed by atoms with Crippen LogP contribution in [0.2, 0.25) is 0 Å². The predicted molar refractivity (Wildman–Crippen MR) is 195 cm³/mol. The van der Waals surface area contributed by atoms with Crippen LogP contribution in [0.5, 0.6) is 5.75 Å². The van der Waals surface area contributed by atoms with Gasteiger partial charge in [-0.2, -0.15) is 10.2 Å². The Balaban J connectivity index is 0. The van der Waals surface area contributed by atoms with Crippen LogP contribution in [0, 0.1) is 9.93 Å². The van der Waals surface area contributed by atoms with E-state index in [2.05, 4.69) is 28.8 Å². The van der Waals surface area contributed by atoms with Crippen molar-refractivity contribution in [2.45, 2.75) is 27.0 Å². The summed E-state index contributed by atoms with van der Waals surface area (Å²) in [5.74, 6) is -2.78. The molecule has 0 radical (unpaired) electrons. The molecule has 25 nitrogen and oxygen atoms in total. The summed E-state index contributed by atoms with van der Waals surface area (Å²) >= 11 is 0. The standard InChI is InChI=1S/C26H24N5O18S6.CH4.3Na.O2/c27-23-22-15(14-21(53(39,40)41)25(23)31-29-17-3-7-19(8-4-17)52(37,38)12-10-49-55(45,46)47)13-20(50(33)34)24(26(22)32)30-28-16-1-5-18(6-2-16)51(35,36)11-9-48-54(42,43)44;;;;;1-2/h1-8,13-14,32H,9-12,27H2,(H,39,40,41)(H,42,43,44)(H,45,46,47);1H4;;;;/q-1;;3*+1;/p-3. The maximum Gasteiger partial charge on any atom is 1.00 e. The summed E-state index contributed by atoms with van der Waals surface area (Å²) < 4.78 is 182. The first kappa shape index (κ1) is 61.1. The molecular formula is C27H25N5Na3O20S6-. The van der Waals surface area contributed by atoms with Gasteiger partial charge in [0.05, 0.1) is 61.9 Å². The van der Waals surface area contributed by atoms with Gasteiger partial charge in [0.2, 0.25) is 20.8 Å². The van der Waals surface area contributed by atoms with E-state index in [1.807, 2.05) is 0 Å². The average Bonchev–Trinajstić information content (AvgIpc) is 3.10. The van der Waals surface area contributed by atoms with Crippen LogP contribution in [0.4, 0.5) is 28.4 Å². The molecule has 61 heavy (non-hydrogen) atoms. The molecule has 0 aliphatic rings. The van der Waals surface area contributed by atoms with Crippen LogP contribution < -0.4 is 94.4 Å². The quantitative estimate of drug-likeness (QED) is 0.0263. The minimum absolute atomic E-state index is 0. The number of hydrogen-bond acceptors (Lipinski definition) is 26. The van der Waals surface area contributed by atoms with Gasteiger partial charge in [-0.1, -0.05) is 13.5 Å². The number of aromatic hydroxyl groups is 1. The maximum atomic E-state index is 12.4. The molecule has 4 rings (SSSR count). The monoisotopic (exact) mass is 1000 g/mol. The Morgan fingerprint density at radius 3 is 1.34 bits per heavy atom. The normalized spacial score (nSPS) is 12.1. The molecule has 0 heterocycles. The van der Waals surface area contributed by atoms with Gasteiger partial charge in [-0.3, -0.25) is 8.37 Å². The van der Waals surface area contributed by atoms with Gasteiger partial charge in [-0.25, -0.2) is 42.1 Å². The number of sulfone groups is 2. The summed E-state index contributed by atoms with van der Waals surface area (Å²) in [6.07, 6.45) is 0. The van der Waals surface area contributed by atoms with Crippen LogP contribution in [-0.2, 0) is 78.1 Å². The Kier molecular flexibility index (Phi) is 25.0. The number of nitrogens with two attached hydrogens (primary N) is 1. The third kappa shape index (κ3) is 17.5. The van der Waals surface area contributed by atoms with E-state index in [0.717, 1.165) is 54.6 Å². The predicted octanol–water partition coefficient (Wildman–Crippen LogP) is -6.25. The second-order valence-corrected chi connectivity index (χ2v) is 19.1. The van der Waals surface area contributed by atoms with Crippen LogP contribution in [0.1, 0.15) is 7.43 Å². The second-order valence-electron chi connectivity index (χ2n) is 10.5. The number of hydrogen-bond donors (Lipinski definition) is 2. The average molecular weight is 1000 g/mol. The van der Waals surface area contributed by atoms with Crippen molar-refractivity contribution in [1.82, 2.24) is 0 Å². The molecule has 4 aromatic rings. The summed E-state index contributed by atoms with van der Waals surface area (Å²) in [6.45, 7) is -1.92. The Morgan fingerprint density at radius 1 is 0.623 bits per heavy atom. The Labute approximate surface area is 416 Å². The summed E-state index contributed by atoms with van der Waals surface area (Å²) in [7, 11) is -27.2. The molecule has 34 heteroatoms. The molecule has 0 saturated carbocycles. The largest absolute Gasteiger partial charge is 1.00 e. The molecular weight excluding hydrogens is 976 g/mol. The number of nitrogens with zero attached hydrogens (tertiary/aromatic N) is 4. The fourth-order valence-electron chi connectivity index (χ4n) is 4.41. The van der Waals surface area contributed by atoms with Gasteiger partial charge >= 0.3 is 88.7 Å². The van der Waals surface area contributed by atoms with Crippen molar-refractivity contribution in [2.75, 3.05) is 30.5 Å². The number of fused-ring (bicyclic) bond motifs is 1. The van der Waals surface area contributed by atoms with Crippen LogP contribution in [0.3, 0.4) is 0 Å². The molecule has 0 spiro atoms. The van der Waals surface area contributed by atoms with E-state index in [1.54, 1.807) is 0 Å². The molecule has 0 aromatic heterocycles. The first-order valence-corrected chi connectivity index (χ1v) is 22.8. The van der Waals surface area contributed by atoms with Crippen LogP contribution in [0.25, 0.3) is 10.8 Å². The van der Waals surface area contributed by atoms with Crippen LogP contribution in [-0.4, -0.2) is 85.6 Å². The number of phenolic OH excluding ortho intramolecular Hbond substituents is 1. The van der Waals surface area contributed by atoms with Crippen molar-refractivity contribution in [1.29, 1.82) is 0 Å². The molecule has 0 aliphatic heterocycles. The van der Waals surface area contributed by atoms with Crippen molar-refractivity contribution in [3.05, 3.63) is 70.6 Å². The van der Waals surface area contributed by atoms with Gasteiger partial charge < -0.3 is 32.9 Å². The van der Waals surface area contributed by atoms with Gasteiger partial charge in [0.15, 0.2) is 25.4 Å². The first-order chi connectivity index (χ1) is 26.3. The van der Waals surface area contributed by atoms with Crippen molar-refractivity contribution in [2.24, 2.45) is 20.5 Å². The summed E-state index contributed by atoms with van der Waals surface area (Å²) in [5.41, 5.74) is 3.57. The zero-order valence-electron chi connectivity index (χ0n) is 30.6. The molecule has 0 fully saturated rings. The van der Waals surface area contributed by atoms with Crippen molar-refractivity contribution in [3.63, 3.8) is 0 Å². The van der Waals surface area contributed by atoms with E-state index in [4.69, 9.17) is 15.7 Å². The number of benzene rings is 4. The van der Waals surface area contributed by atoms with Crippen molar-refractivity contribution in [3.8, 4) is 5.75 Å². The zero-order valence-corrected chi connectivity index (χ0v) is 41.5. The molecule has 3 N–H and O–H groups in total. The third-order valence-electron chi connectivity index (χ3n) is 6.85. The molecule has 318 valence electrons. The number of nitrogen functional groups attached to an aromatic ring is 1. The van der Waals surface area contributed by atoms with Gasteiger partial charge in [0, 0.05) is 9.93 Å². The Hall–Kier alpha value is -1.96. The van der Waals surface area contributed by atoms with E-state index in [0.29, 0.717) is 6.07 Å². The van der Waals surface area contributed by atoms with Crippen molar-refractivity contribution >= 4 is 101 Å². The van der Waals surface area contributed by atoms with E-state index in [1.165, 1.54) is 0 Å². The van der Waals surface area contributed by atoms with Crippen LogP contribution >= 0.6 is 0 Å². The molecule has 0 unspecified atom stereocenters. The number of rotatable bonds is 16. The SMILES string of the molecule is C.Nc1c(N=Nc2ccc(S(=O)(=O)CCOS(=O)(=O)[O-])cc2)c(S(=O)(=O)[O-])cc2cc([S-](=O)=O)c(N=Nc3ccc(S(=O)(=O)CCOS(=O)(=O)[O-])cc3)c(O)c12.O=O.[Na+].[Na+].[Na+]. The smallest absolute Gasteiger partial charge is 0.744 e. The second kappa shape index (κ2) is 24.9. The first-order valence-electron chi connectivity index (χ1n) is 14.3. The number of phenols is 1. The minimum Gasteiger partial charge on any atom is -0.744 e. The molecule has 0 aliphatic carbocycles. The molecule has 0 saturated heterocycles. The summed E-state index contributed by atoms with van der Waals surface area (Å²) in [6, 6.07) is 9.75. The number of anilines is 1. The topological polar surface area (TPSA) is 422 Å². The van der Waals surface area contributed by atoms with Crippen LogP contribution in [0.15, 0.2) is 101 Å². The third-order valence-corrected chi connectivity index (χ3v) is 12.7. The maximum absolute atomic E-state index is 12.4. The van der Waals surface area contributed by atoms with E-state index in [9.17, 15) is 69.3 Å². The summed E-state index contributed by atoms with van der Waals surface area (Å²) in [4.78, 5) is 11.4. The Bertz CT molecular complexity index is 2890. The van der Waals surface area contributed by atoms with E-state index >= 15 is 0 Å². The van der Waals surface area contributed by atoms with Gasteiger partial charge in [0.1, 0.15) is 21.5 Å². The molecule has 0 amide bonds. The fraction of sp³-hybridized carbons (Fsp3) is 0.185. The van der Waals surface area contributed by atoms with Gasteiger partial charge in [-0.05, 0) is 75.6 Å². The minimum atomic E-state index is -5.43. The van der Waals surface area contributed by atoms with Crippen molar-refractivity contribution < 1.29 is 166 Å². The summed E-state index contributed by atoms with van der Waals surface area (Å²) in [5, 5.41) is 25.3. The van der Waals surface area contributed by atoms with E-state index in [-0.39, 0.29) is 117 Å². The Morgan fingerprint density at radius 2 is 1.00 bits per heavy atom. The number of azo groups is 2. The van der Waals surface area contributed by atoms with E-state index < -0.39 is 129 Å². The zero-order chi connectivity index (χ0) is 43.1. The van der Waals surface area contributed by atoms with Gasteiger partial charge in [-0.15, -0.1) is 10.2 Å². The van der Waals surface area contributed by atoms with Gasteiger partial charge in [0.25, 0.3) is 0 Å².